The van der Waals surface area contributed by atoms with Gasteiger partial charge in [-0.15, -0.1) is 0 Å². The molecule has 0 aliphatic carbocycles. The molecule has 0 spiro atoms. The monoisotopic (exact) mass is 438 g/mol. The third kappa shape index (κ3) is 7.32. The molecule has 1 aliphatic heterocycles. The molecular formula is C20H27ClN4O3S. The molecule has 0 saturated carbocycles. The fourth-order valence-corrected chi connectivity index (χ4v) is 3.29. The first-order chi connectivity index (χ1) is 13.5. The Morgan fingerprint density at radius 2 is 1.72 bits per heavy atom. The number of halogens is 1. The number of anilines is 2. The van der Waals surface area contributed by atoms with Crippen LogP contribution in [0.15, 0.2) is 48.5 Å². The van der Waals surface area contributed by atoms with Crippen LogP contribution in [-0.4, -0.2) is 61.5 Å². The van der Waals surface area contributed by atoms with Crippen molar-refractivity contribution in [3.63, 3.8) is 0 Å². The molecule has 2 amide bonds. The minimum absolute atomic E-state index is 0. The highest BCUT2D eigenvalue weighted by Crippen LogP contribution is 2.20. The van der Waals surface area contributed by atoms with Gasteiger partial charge in [-0.2, -0.15) is 13.5 Å². The van der Waals surface area contributed by atoms with Crippen LogP contribution >= 0.6 is 25.1 Å². The molecule has 0 unspecified atom stereocenters. The molecule has 3 rings (SSSR count). The molecule has 4 N–H and O–H groups in total. The Morgan fingerprint density at radius 3 is 2.31 bits per heavy atom. The minimum Gasteiger partial charge on any atom is -0.491 e. The number of carbonyl (C=O) groups is 1. The van der Waals surface area contributed by atoms with Crippen LogP contribution in [0, 0.1) is 0 Å². The van der Waals surface area contributed by atoms with Crippen molar-refractivity contribution in [3.05, 3.63) is 53.6 Å². The van der Waals surface area contributed by atoms with Gasteiger partial charge in [-0.05, 0) is 48.5 Å². The average Bonchev–Trinajstić information content (AvgIpc) is 2.68. The summed E-state index contributed by atoms with van der Waals surface area (Å²) in [6.07, 6.45) is -0.578. The number of ether oxygens (including phenoxy) is 1. The molecule has 1 saturated heterocycles. The summed E-state index contributed by atoms with van der Waals surface area (Å²) in [5.74, 6) is 0.627. The van der Waals surface area contributed by atoms with Gasteiger partial charge in [0, 0.05) is 49.1 Å². The van der Waals surface area contributed by atoms with Crippen LogP contribution in [0.4, 0.5) is 16.2 Å². The Kier molecular flexibility index (Phi) is 8.91. The van der Waals surface area contributed by atoms with E-state index in [1.807, 2.05) is 24.3 Å². The molecule has 9 heteroatoms. The van der Waals surface area contributed by atoms with Gasteiger partial charge in [0.25, 0.3) is 0 Å². The highest BCUT2D eigenvalue weighted by atomic mass is 35.5. The first-order valence-corrected chi connectivity index (χ1v) is 9.57. The van der Waals surface area contributed by atoms with E-state index in [2.05, 4.69) is 15.1 Å². The molecule has 0 bridgehead atoms. The Balaban J connectivity index is 0.00000300. The molecule has 29 heavy (non-hydrogen) atoms. The largest absolute Gasteiger partial charge is 0.491 e. The number of aliphatic hydroxyl groups excluding tert-OH is 1. The summed E-state index contributed by atoms with van der Waals surface area (Å²) >= 11 is 5.94. The molecule has 2 aromatic rings. The summed E-state index contributed by atoms with van der Waals surface area (Å²) in [6, 6.07) is 14.1. The number of urea groups is 1. The van der Waals surface area contributed by atoms with Gasteiger partial charge in [-0.25, -0.2) is 4.79 Å². The highest BCUT2D eigenvalue weighted by Gasteiger charge is 2.19. The second-order valence-corrected chi connectivity index (χ2v) is 7.18. The quantitative estimate of drug-likeness (QED) is 0.617. The van der Waals surface area contributed by atoms with Gasteiger partial charge in [0.2, 0.25) is 0 Å². The van der Waals surface area contributed by atoms with E-state index in [1.54, 1.807) is 24.3 Å². The summed E-state index contributed by atoms with van der Waals surface area (Å²) in [6.45, 7) is 4.35. The van der Waals surface area contributed by atoms with Gasteiger partial charge < -0.3 is 25.8 Å². The van der Waals surface area contributed by atoms with Crippen LogP contribution in [-0.2, 0) is 0 Å². The maximum Gasteiger partial charge on any atom is 0.316 e. The molecule has 2 aromatic carbocycles. The number of β-amino-alcohol motifs (C(OH)–C–C–N with tert-alkyl or cyclic N) is 1. The van der Waals surface area contributed by atoms with Gasteiger partial charge >= 0.3 is 6.03 Å². The Hall–Kier alpha value is -2.13. The zero-order valence-corrected chi connectivity index (χ0v) is 17.8. The van der Waals surface area contributed by atoms with Crippen molar-refractivity contribution in [2.75, 3.05) is 49.5 Å². The number of amides is 2. The van der Waals surface area contributed by atoms with E-state index in [-0.39, 0.29) is 20.1 Å². The molecule has 7 nitrogen and oxygen atoms in total. The molecule has 0 radical (unpaired) electrons. The number of benzene rings is 2. The molecule has 1 fully saturated rings. The van der Waals surface area contributed by atoms with Crippen molar-refractivity contribution in [3.8, 4) is 5.75 Å². The van der Waals surface area contributed by atoms with Crippen LogP contribution in [0.1, 0.15) is 0 Å². The van der Waals surface area contributed by atoms with E-state index in [0.29, 0.717) is 18.0 Å². The third-order valence-electron chi connectivity index (χ3n) is 4.60. The third-order valence-corrected chi connectivity index (χ3v) is 4.85. The van der Waals surface area contributed by atoms with Crippen molar-refractivity contribution < 1.29 is 14.6 Å². The number of rotatable bonds is 7. The Bertz CT molecular complexity index is 768. The summed E-state index contributed by atoms with van der Waals surface area (Å²) in [7, 11) is 0. The number of hydrogen-bond donors (Lipinski definition) is 3. The van der Waals surface area contributed by atoms with Gasteiger partial charge in [0.05, 0.1) is 0 Å². The number of carbonyl (C=O) groups excluding carboxylic acids is 1. The standard InChI is InChI=1S/C20H25ClN4O3.H2S/c21-15-1-5-17(6-2-15)25-11-9-24(10-12-25)13-18(26)14-28-19-7-3-16(4-8-19)23-20(22)27;/h1-8,18,26H,9-14H2,(H3,22,23,27);1H2/t18-;/m0./s1. The van der Waals surface area contributed by atoms with Crippen LogP contribution in [0.2, 0.25) is 5.02 Å². The van der Waals surface area contributed by atoms with Crippen LogP contribution in [0.25, 0.3) is 0 Å². The lowest BCUT2D eigenvalue weighted by molar-refractivity contribution is 0.0663. The predicted octanol–water partition coefficient (Wildman–Crippen LogP) is 2.51. The van der Waals surface area contributed by atoms with E-state index < -0.39 is 12.1 Å². The summed E-state index contributed by atoms with van der Waals surface area (Å²) < 4.78 is 5.63. The first kappa shape index (κ1) is 23.2. The average molecular weight is 439 g/mol. The molecule has 158 valence electrons. The maximum atomic E-state index is 10.8. The van der Waals surface area contributed by atoms with Gasteiger partial charge in [-0.3, -0.25) is 4.90 Å². The zero-order valence-electron chi connectivity index (χ0n) is 16.1. The number of nitrogens with one attached hydrogen (secondary N) is 1. The van der Waals surface area contributed by atoms with E-state index in [0.717, 1.165) is 31.2 Å². The van der Waals surface area contributed by atoms with Gasteiger partial charge in [-0.1, -0.05) is 11.6 Å². The van der Waals surface area contributed by atoms with Crippen LogP contribution in [0.5, 0.6) is 5.75 Å². The highest BCUT2D eigenvalue weighted by molar-refractivity contribution is 7.59. The van der Waals surface area contributed by atoms with E-state index >= 15 is 0 Å². The van der Waals surface area contributed by atoms with Gasteiger partial charge in [0.1, 0.15) is 18.5 Å². The van der Waals surface area contributed by atoms with Crippen molar-refractivity contribution in [1.82, 2.24) is 4.90 Å². The molecule has 0 aromatic heterocycles. The minimum atomic E-state index is -0.611. The lowest BCUT2D eigenvalue weighted by atomic mass is 10.2. The number of piperazine rings is 1. The van der Waals surface area contributed by atoms with Crippen molar-refractivity contribution in [2.24, 2.45) is 5.73 Å². The first-order valence-electron chi connectivity index (χ1n) is 9.20. The van der Waals surface area contributed by atoms with Crippen molar-refractivity contribution >= 4 is 42.5 Å². The fraction of sp³-hybridized carbons (Fsp3) is 0.350. The SMILES string of the molecule is NC(=O)Nc1ccc(OC[C@@H](O)CN2CCN(c3ccc(Cl)cc3)CC2)cc1.S. The Labute approximate surface area is 182 Å². The topological polar surface area (TPSA) is 91.1 Å². The number of hydrogen-bond acceptors (Lipinski definition) is 5. The number of nitrogens with zero attached hydrogens (tertiary/aromatic N) is 2. The molecule has 1 atom stereocenters. The molecule has 1 aliphatic rings. The van der Waals surface area contributed by atoms with E-state index in [4.69, 9.17) is 22.1 Å². The number of nitrogens with two attached hydrogens (primary N) is 1. The second kappa shape index (κ2) is 11.2. The smallest absolute Gasteiger partial charge is 0.316 e. The summed E-state index contributed by atoms with van der Waals surface area (Å²) in [4.78, 5) is 15.4. The lowest BCUT2D eigenvalue weighted by Gasteiger charge is -2.36. The normalized spacial score (nSPS) is 15.3. The number of primary amides is 1. The second-order valence-electron chi connectivity index (χ2n) is 6.74. The van der Waals surface area contributed by atoms with Crippen molar-refractivity contribution in [1.29, 1.82) is 0 Å². The summed E-state index contributed by atoms with van der Waals surface area (Å²) in [5.41, 5.74) is 6.84. The number of aliphatic hydroxyl groups is 1. The maximum absolute atomic E-state index is 10.8. The van der Waals surface area contributed by atoms with Crippen LogP contribution < -0.4 is 20.7 Å². The zero-order chi connectivity index (χ0) is 19.9. The lowest BCUT2D eigenvalue weighted by Crippen LogP contribution is -2.49. The van der Waals surface area contributed by atoms with Crippen molar-refractivity contribution in [2.45, 2.75) is 6.10 Å². The van der Waals surface area contributed by atoms with E-state index in [9.17, 15) is 9.90 Å². The van der Waals surface area contributed by atoms with Gasteiger partial charge in [0.15, 0.2) is 0 Å². The molecule has 1 heterocycles. The van der Waals surface area contributed by atoms with E-state index in [1.165, 1.54) is 5.69 Å². The predicted molar refractivity (Wildman–Crippen MR) is 122 cm³/mol. The molecular weight excluding hydrogens is 412 g/mol. The van der Waals surface area contributed by atoms with Crippen LogP contribution in [0.3, 0.4) is 0 Å². The summed E-state index contributed by atoms with van der Waals surface area (Å²) in [5, 5.41) is 13.5. The fourth-order valence-electron chi connectivity index (χ4n) is 3.16. The Morgan fingerprint density at radius 1 is 1.10 bits per heavy atom.